The molecule has 0 spiro atoms. The van der Waals surface area contributed by atoms with Crippen LogP contribution in [0.2, 0.25) is 0 Å². The number of benzene rings is 3. The summed E-state index contributed by atoms with van der Waals surface area (Å²) >= 11 is 0. The first-order valence-electron chi connectivity index (χ1n) is 10.3. The van der Waals surface area contributed by atoms with Crippen molar-refractivity contribution in [2.24, 2.45) is 0 Å². The van der Waals surface area contributed by atoms with Gasteiger partial charge in [-0.25, -0.2) is 0 Å². The molecule has 0 aromatic heterocycles. The summed E-state index contributed by atoms with van der Waals surface area (Å²) in [5.74, 6) is 0.540. The number of amides is 1. The number of alkyl halides is 2. The fourth-order valence-corrected chi connectivity index (χ4v) is 3.23. The minimum absolute atomic E-state index is 0.0351. The molecule has 0 fully saturated rings. The number of hydrogen-bond acceptors (Lipinski definition) is 5. The lowest BCUT2D eigenvalue weighted by Crippen LogP contribution is -2.27. The van der Waals surface area contributed by atoms with Crippen molar-refractivity contribution in [1.29, 1.82) is 5.26 Å². The van der Waals surface area contributed by atoms with Gasteiger partial charge in [0.15, 0.2) is 18.1 Å². The fourth-order valence-electron chi connectivity index (χ4n) is 3.23. The van der Waals surface area contributed by atoms with E-state index in [9.17, 15) is 13.6 Å². The Labute approximate surface area is 196 Å². The number of halogens is 2. The molecule has 0 aliphatic carbocycles. The van der Waals surface area contributed by atoms with Crippen LogP contribution in [0.1, 0.15) is 22.7 Å². The van der Waals surface area contributed by atoms with Gasteiger partial charge >= 0.3 is 6.61 Å². The van der Waals surface area contributed by atoms with Gasteiger partial charge in [0.05, 0.1) is 13.2 Å². The number of nitriles is 1. The first-order chi connectivity index (χ1) is 16.5. The number of carbonyl (C=O) groups excluding carboxylic acids is 1. The second-order valence-electron chi connectivity index (χ2n) is 6.99. The summed E-state index contributed by atoms with van der Waals surface area (Å²) in [6.07, 6.45) is 3.00. The highest BCUT2D eigenvalue weighted by molar-refractivity contribution is 5.92. The third-order valence-electron chi connectivity index (χ3n) is 4.77. The molecule has 0 heterocycles. The van der Waals surface area contributed by atoms with Crippen LogP contribution in [0.25, 0.3) is 6.08 Å². The van der Waals surface area contributed by atoms with Gasteiger partial charge in [0, 0.05) is 6.08 Å². The van der Waals surface area contributed by atoms with Crippen LogP contribution in [0.5, 0.6) is 17.2 Å². The second-order valence-corrected chi connectivity index (χ2v) is 6.99. The molecule has 0 radical (unpaired) electrons. The van der Waals surface area contributed by atoms with Gasteiger partial charge in [-0.05, 0) is 47.0 Å². The van der Waals surface area contributed by atoms with Crippen molar-refractivity contribution in [3.05, 3.63) is 95.6 Å². The maximum atomic E-state index is 12.7. The summed E-state index contributed by atoms with van der Waals surface area (Å²) in [4.78, 5) is 12.7. The number of nitrogens with one attached hydrogen (secondary N) is 1. The van der Waals surface area contributed by atoms with Crippen LogP contribution in [-0.2, 0) is 4.79 Å². The second kappa shape index (κ2) is 12.0. The minimum Gasteiger partial charge on any atom is -0.493 e. The van der Waals surface area contributed by atoms with Gasteiger partial charge in [-0.15, -0.1) is 0 Å². The van der Waals surface area contributed by atoms with E-state index in [0.717, 1.165) is 5.56 Å². The molecule has 1 unspecified atom stereocenters. The summed E-state index contributed by atoms with van der Waals surface area (Å²) in [6.45, 7) is -3.02. The number of carbonyl (C=O) groups is 1. The standard InChI is InChI=1S/C26H22F2N2O4/c1-32-23-17-18(7-13-22(23)33-16-15-29)8-14-24(31)30-25(19-5-3-2-4-6-19)20-9-11-21(12-10-20)34-26(27)28/h2-14,17,25-26H,16H2,1H3,(H,30,31)/b14-8+. The van der Waals surface area contributed by atoms with E-state index in [-0.39, 0.29) is 18.3 Å². The highest BCUT2D eigenvalue weighted by Crippen LogP contribution is 2.29. The van der Waals surface area contributed by atoms with Gasteiger partial charge in [0.25, 0.3) is 0 Å². The molecule has 1 N–H and O–H groups in total. The molecule has 34 heavy (non-hydrogen) atoms. The van der Waals surface area contributed by atoms with Crippen LogP contribution in [0.15, 0.2) is 78.9 Å². The number of hydrogen-bond donors (Lipinski definition) is 1. The molecular weight excluding hydrogens is 442 g/mol. The Bertz CT molecular complexity index is 1160. The molecule has 3 aromatic rings. The molecule has 8 heteroatoms. The Kier molecular flexibility index (Phi) is 8.58. The summed E-state index contributed by atoms with van der Waals surface area (Å²) in [5.41, 5.74) is 2.23. The molecule has 0 saturated carbocycles. The van der Waals surface area contributed by atoms with E-state index in [1.165, 1.54) is 25.3 Å². The number of ether oxygens (including phenoxy) is 3. The number of nitrogens with zero attached hydrogens (tertiary/aromatic N) is 1. The average molecular weight is 464 g/mol. The quantitative estimate of drug-likeness (QED) is 0.422. The van der Waals surface area contributed by atoms with E-state index < -0.39 is 12.7 Å². The number of rotatable bonds is 10. The first-order valence-corrected chi connectivity index (χ1v) is 10.3. The van der Waals surface area contributed by atoms with E-state index in [2.05, 4.69) is 10.1 Å². The normalized spacial score (nSPS) is 11.6. The van der Waals surface area contributed by atoms with Gasteiger partial charge in [-0.3, -0.25) is 4.79 Å². The third-order valence-corrected chi connectivity index (χ3v) is 4.77. The van der Waals surface area contributed by atoms with Crippen LogP contribution in [-0.4, -0.2) is 26.2 Å². The maximum Gasteiger partial charge on any atom is 0.387 e. The van der Waals surface area contributed by atoms with E-state index in [0.29, 0.717) is 22.6 Å². The average Bonchev–Trinajstić information content (AvgIpc) is 2.85. The summed E-state index contributed by atoms with van der Waals surface area (Å²) in [6, 6.07) is 21.9. The van der Waals surface area contributed by atoms with Crippen LogP contribution in [0.3, 0.4) is 0 Å². The van der Waals surface area contributed by atoms with Gasteiger partial charge in [-0.2, -0.15) is 14.0 Å². The summed E-state index contributed by atoms with van der Waals surface area (Å²) < 4.78 is 39.9. The predicted octanol–water partition coefficient (Wildman–Crippen LogP) is 5.12. The highest BCUT2D eigenvalue weighted by Gasteiger charge is 2.16. The Morgan fingerprint density at radius 1 is 1.03 bits per heavy atom. The monoisotopic (exact) mass is 464 g/mol. The maximum absolute atomic E-state index is 12.7. The zero-order valence-electron chi connectivity index (χ0n) is 18.3. The first kappa shape index (κ1) is 24.3. The molecule has 3 aromatic carbocycles. The molecule has 0 saturated heterocycles. The van der Waals surface area contributed by atoms with Crippen LogP contribution in [0.4, 0.5) is 8.78 Å². The van der Waals surface area contributed by atoms with Crippen molar-refractivity contribution >= 4 is 12.0 Å². The lowest BCUT2D eigenvalue weighted by molar-refractivity contribution is -0.116. The van der Waals surface area contributed by atoms with Crippen molar-refractivity contribution in [1.82, 2.24) is 5.32 Å². The third kappa shape index (κ3) is 6.81. The summed E-state index contributed by atoms with van der Waals surface area (Å²) in [7, 11) is 1.48. The van der Waals surface area contributed by atoms with E-state index in [4.69, 9.17) is 14.7 Å². The lowest BCUT2D eigenvalue weighted by atomic mass is 9.98. The smallest absolute Gasteiger partial charge is 0.387 e. The largest absolute Gasteiger partial charge is 0.493 e. The van der Waals surface area contributed by atoms with Crippen LogP contribution < -0.4 is 19.5 Å². The molecule has 3 rings (SSSR count). The van der Waals surface area contributed by atoms with Crippen molar-refractivity contribution < 1.29 is 27.8 Å². The SMILES string of the molecule is COc1cc(/C=C/C(=O)NC(c2ccccc2)c2ccc(OC(F)F)cc2)ccc1OCC#N. The van der Waals surface area contributed by atoms with Gasteiger partial charge < -0.3 is 19.5 Å². The molecule has 0 aliphatic heterocycles. The topological polar surface area (TPSA) is 80.6 Å². The fraction of sp³-hybridized carbons (Fsp3) is 0.154. The Balaban J connectivity index is 1.77. The van der Waals surface area contributed by atoms with Crippen molar-refractivity contribution in [2.75, 3.05) is 13.7 Å². The van der Waals surface area contributed by atoms with E-state index in [1.807, 2.05) is 36.4 Å². The van der Waals surface area contributed by atoms with Crippen molar-refractivity contribution in [3.8, 4) is 23.3 Å². The Hall–Kier alpha value is -4.38. The Morgan fingerprint density at radius 3 is 2.38 bits per heavy atom. The molecule has 1 amide bonds. The molecule has 0 bridgehead atoms. The van der Waals surface area contributed by atoms with E-state index >= 15 is 0 Å². The minimum atomic E-state index is -2.91. The molecule has 174 valence electrons. The lowest BCUT2D eigenvalue weighted by Gasteiger charge is -2.19. The molecule has 1 atom stereocenters. The molecule has 6 nitrogen and oxygen atoms in total. The zero-order chi connectivity index (χ0) is 24.3. The molecular formula is C26H22F2N2O4. The predicted molar refractivity (Wildman–Crippen MR) is 123 cm³/mol. The van der Waals surface area contributed by atoms with Crippen molar-refractivity contribution in [2.45, 2.75) is 12.7 Å². The summed E-state index contributed by atoms with van der Waals surface area (Å²) in [5, 5.41) is 11.6. The van der Waals surface area contributed by atoms with Crippen LogP contribution in [0, 0.1) is 11.3 Å². The highest BCUT2D eigenvalue weighted by atomic mass is 19.3. The Morgan fingerprint density at radius 2 is 1.74 bits per heavy atom. The van der Waals surface area contributed by atoms with Gasteiger partial charge in [-0.1, -0.05) is 48.5 Å². The van der Waals surface area contributed by atoms with E-state index in [1.54, 1.807) is 36.4 Å². The van der Waals surface area contributed by atoms with Crippen molar-refractivity contribution in [3.63, 3.8) is 0 Å². The van der Waals surface area contributed by atoms with Gasteiger partial charge in [0.2, 0.25) is 5.91 Å². The molecule has 0 aliphatic rings. The van der Waals surface area contributed by atoms with Gasteiger partial charge in [0.1, 0.15) is 11.8 Å². The number of methoxy groups -OCH3 is 1. The zero-order valence-corrected chi connectivity index (χ0v) is 18.3. The van der Waals surface area contributed by atoms with Crippen LogP contribution >= 0.6 is 0 Å².